The van der Waals surface area contributed by atoms with Crippen LogP contribution in [-0.4, -0.2) is 22.6 Å². The molecule has 0 fully saturated rings. The van der Waals surface area contributed by atoms with Gasteiger partial charge in [-0.25, -0.2) is 0 Å². The first-order chi connectivity index (χ1) is 9.92. The Morgan fingerprint density at radius 2 is 1.95 bits per heavy atom. The van der Waals surface area contributed by atoms with E-state index in [1.54, 1.807) is 0 Å². The number of aromatic nitrogens is 2. The third-order valence-electron chi connectivity index (χ3n) is 3.52. The van der Waals surface area contributed by atoms with Crippen molar-refractivity contribution >= 4 is 22.4 Å². The minimum Gasteiger partial charge on any atom is -0.330 e. The van der Waals surface area contributed by atoms with Crippen LogP contribution in [0.3, 0.4) is 0 Å². The molecule has 0 spiro atoms. The first kappa shape index (κ1) is 18.0. The average Bonchev–Trinajstić information content (AvgIpc) is 2.80. The quantitative estimate of drug-likeness (QED) is 0.734. The summed E-state index contributed by atoms with van der Waals surface area (Å²) in [4.78, 5) is 12.0. The first-order valence-corrected chi connectivity index (χ1v) is 8.56. The Bertz CT molecular complexity index is 431. The second-order valence-electron chi connectivity index (χ2n) is 6.27. The van der Waals surface area contributed by atoms with Crippen LogP contribution < -0.4 is 11.1 Å². The largest absolute Gasteiger partial charge is 0.330 e. The van der Waals surface area contributed by atoms with Gasteiger partial charge in [-0.2, -0.15) is 0 Å². The van der Waals surface area contributed by atoms with Gasteiger partial charge in [0.2, 0.25) is 11.0 Å². The molecule has 1 heterocycles. The van der Waals surface area contributed by atoms with Crippen LogP contribution in [-0.2, 0) is 11.2 Å². The van der Waals surface area contributed by atoms with Gasteiger partial charge in [0.25, 0.3) is 0 Å². The van der Waals surface area contributed by atoms with Crippen molar-refractivity contribution < 1.29 is 4.79 Å². The number of carbonyl (C=O) groups is 1. The number of rotatable bonds is 9. The molecule has 0 aromatic carbocycles. The van der Waals surface area contributed by atoms with E-state index < -0.39 is 0 Å². The Morgan fingerprint density at radius 1 is 1.24 bits per heavy atom. The molecule has 120 valence electrons. The Hall–Kier alpha value is -1.01. The summed E-state index contributed by atoms with van der Waals surface area (Å²) in [7, 11) is 0. The van der Waals surface area contributed by atoms with Crippen LogP contribution in [0.4, 0.5) is 5.13 Å². The van der Waals surface area contributed by atoms with Gasteiger partial charge in [-0.15, -0.1) is 10.2 Å². The number of carbonyl (C=O) groups excluding carboxylic acids is 1. The number of nitrogens with one attached hydrogen (secondary N) is 1. The number of hydrogen-bond donors (Lipinski definition) is 2. The van der Waals surface area contributed by atoms with Crippen molar-refractivity contribution in [2.45, 2.75) is 53.4 Å². The lowest BCUT2D eigenvalue weighted by Crippen LogP contribution is -2.18. The van der Waals surface area contributed by atoms with Crippen LogP contribution in [0.25, 0.3) is 0 Å². The van der Waals surface area contributed by atoms with E-state index in [-0.39, 0.29) is 5.91 Å². The van der Waals surface area contributed by atoms with Gasteiger partial charge >= 0.3 is 0 Å². The number of nitrogens with two attached hydrogens (primary N) is 1. The van der Waals surface area contributed by atoms with E-state index in [0.29, 0.717) is 35.9 Å². The predicted octanol–water partition coefficient (Wildman–Crippen LogP) is 3.08. The highest BCUT2D eigenvalue weighted by Gasteiger charge is 2.15. The molecule has 1 atom stereocenters. The fraction of sp³-hybridized carbons (Fsp3) is 0.800. The zero-order valence-electron chi connectivity index (χ0n) is 13.6. The topological polar surface area (TPSA) is 80.9 Å². The molecule has 6 heteroatoms. The highest BCUT2D eigenvalue weighted by Crippen LogP contribution is 2.22. The van der Waals surface area contributed by atoms with Gasteiger partial charge in [0.05, 0.1) is 0 Å². The third-order valence-corrected chi connectivity index (χ3v) is 4.38. The normalized spacial score (nSPS) is 12.9. The molecule has 0 radical (unpaired) electrons. The minimum atomic E-state index is 0.0184. The average molecular weight is 312 g/mol. The first-order valence-electron chi connectivity index (χ1n) is 7.74. The smallest absolute Gasteiger partial charge is 0.226 e. The van der Waals surface area contributed by atoms with E-state index in [4.69, 9.17) is 5.73 Å². The van der Waals surface area contributed by atoms with Crippen LogP contribution in [0.2, 0.25) is 0 Å². The molecule has 1 rings (SSSR count). The van der Waals surface area contributed by atoms with Crippen molar-refractivity contribution in [2.75, 3.05) is 11.9 Å². The van der Waals surface area contributed by atoms with Crippen LogP contribution in [0.15, 0.2) is 0 Å². The second-order valence-corrected chi connectivity index (χ2v) is 7.33. The third kappa shape index (κ3) is 7.00. The Balaban J connectivity index is 2.40. The molecular formula is C15H28N4OS. The summed E-state index contributed by atoms with van der Waals surface area (Å²) in [6, 6.07) is 0. The molecule has 0 saturated carbocycles. The molecule has 3 N–H and O–H groups in total. The van der Waals surface area contributed by atoms with Crippen LogP contribution in [0.1, 0.15) is 52.0 Å². The van der Waals surface area contributed by atoms with Gasteiger partial charge < -0.3 is 11.1 Å². The number of nitrogens with zero attached hydrogens (tertiary/aromatic N) is 2. The van der Waals surface area contributed by atoms with Gasteiger partial charge in [0, 0.05) is 12.8 Å². The molecule has 21 heavy (non-hydrogen) atoms. The SMILES string of the molecule is CC(C)Cc1nnc(NC(=O)CCC(CCN)C(C)C)s1. The van der Waals surface area contributed by atoms with Crippen molar-refractivity contribution in [1.82, 2.24) is 10.2 Å². The van der Waals surface area contributed by atoms with E-state index in [2.05, 4.69) is 43.2 Å². The van der Waals surface area contributed by atoms with Gasteiger partial charge in [-0.05, 0) is 37.1 Å². The number of anilines is 1. The van der Waals surface area contributed by atoms with Crippen molar-refractivity contribution in [3.8, 4) is 0 Å². The summed E-state index contributed by atoms with van der Waals surface area (Å²) >= 11 is 1.47. The molecule has 0 bridgehead atoms. The van der Waals surface area contributed by atoms with Crippen LogP contribution in [0.5, 0.6) is 0 Å². The van der Waals surface area contributed by atoms with Crippen LogP contribution >= 0.6 is 11.3 Å². The molecule has 1 unspecified atom stereocenters. The predicted molar refractivity (Wildman–Crippen MR) is 88.3 cm³/mol. The number of amides is 1. The summed E-state index contributed by atoms with van der Waals surface area (Å²) in [6.07, 6.45) is 3.27. The maximum Gasteiger partial charge on any atom is 0.226 e. The Labute approximate surface area is 131 Å². The maximum absolute atomic E-state index is 12.0. The lowest BCUT2D eigenvalue weighted by Gasteiger charge is -2.19. The summed E-state index contributed by atoms with van der Waals surface area (Å²) in [5.74, 6) is 1.63. The minimum absolute atomic E-state index is 0.0184. The summed E-state index contributed by atoms with van der Waals surface area (Å²) in [5, 5.41) is 12.6. The van der Waals surface area contributed by atoms with Gasteiger partial charge in [-0.3, -0.25) is 4.79 Å². The molecule has 0 aliphatic carbocycles. The van der Waals surface area contributed by atoms with E-state index in [1.165, 1.54) is 11.3 Å². The highest BCUT2D eigenvalue weighted by molar-refractivity contribution is 7.15. The van der Waals surface area contributed by atoms with Crippen molar-refractivity contribution in [3.05, 3.63) is 5.01 Å². The van der Waals surface area contributed by atoms with Gasteiger partial charge in [-0.1, -0.05) is 39.0 Å². The summed E-state index contributed by atoms with van der Waals surface area (Å²) in [6.45, 7) is 9.33. The molecule has 0 aliphatic heterocycles. The fourth-order valence-corrected chi connectivity index (χ4v) is 3.23. The molecule has 0 saturated heterocycles. The monoisotopic (exact) mass is 312 g/mol. The molecule has 1 amide bonds. The molecule has 1 aromatic rings. The summed E-state index contributed by atoms with van der Waals surface area (Å²) < 4.78 is 0. The van der Waals surface area contributed by atoms with Crippen molar-refractivity contribution in [3.63, 3.8) is 0 Å². The Morgan fingerprint density at radius 3 is 2.52 bits per heavy atom. The number of hydrogen-bond acceptors (Lipinski definition) is 5. The zero-order valence-corrected chi connectivity index (χ0v) is 14.4. The zero-order chi connectivity index (χ0) is 15.8. The summed E-state index contributed by atoms with van der Waals surface area (Å²) in [5.41, 5.74) is 5.62. The second kappa shape index (κ2) is 9.10. The molecule has 0 aliphatic rings. The van der Waals surface area contributed by atoms with Crippen LogP contribution in [0, 0.1) is 17.8 Å². The van der Waals surface area contributed by atoms with E-state index in [1.807, 2.05) is 0 Å². The lowest BCUT2D eigenvalue weighted by molar-refractivity contribution is -0.116. The van der Waals surface area contributed by atoms with Crippen molar-refractivity contribution in [2.24, 2.45) is 23.5 Å². The lowest BCUT2D eigenvalue weighted by atomic mass is 9.88. The van der Waals surface area contributed by atoms with E-state index in [0.717, 1.165) is 24.3 Å². The molecule has 5 nitrogen and oxygen atoms in total. The molecule has 1 aromatic heterocycles. The molecular weight excluding hydrogens is 284 g/mol. The Kier molecular flexibility index (Phi) is 7.82. The van der Waals surface area contributed by atoms with E-state index in [9.17, 15) is 4.79 Å². The van der Waals surface area contributed by atoms with Crippen molar-refractivity contribution in [1.29, 1.82) is 0 Å². The standard InChI is InChI=1S/C15H28N4OS/c1-10(2)9-14-18-19-15(21-14)17-13(20)6-5-12(7-8-16)11(3)4/h10-12H,5-9,16H2,1-4H3,(H,17,19,20). The highest BCUT2D eigenvalue weighted by atomic mass is 32.1. The maximum atomic E-state index is 12.0. The van der Waals surface area contributed by atoms with Gasteiger partial charge in [0.15, 0.2) is 0 Å². The van der Waals surface area contributed by atoms with E-state index >= 15 is 0 Å². The fourth-order valence-electron chi connectivity index (χ4n) is 2.26. The van der Waals surface area contributed by atoms with Gasteiger partial charge in [0.1, 0.15) is 5.01 Å².